The molecule has 3 heterocycles. The zero-order valence-corrected chi connectivity index (χ0v) is 11.5. The highest BCUT2D eigenvalue weighted by molar-refractivity contribution is 5.75. The van der Waals surface area contributed by atoms with E-state index < -0.39 is 17.2 Å². The summed E-state index contributed by atoms with van der Waals surface area (Å²) < 4.78 is 4.53. The molecule has 110 valence electrons. The maximum atomic E-state index is 12.0. The molecular weight excluding hydrogens is 278 g/mol. The lowest BCUT2D eigenvalue weighted by atomic mass is 10.4. The summed E-state index contributed by atoms with van der Waals surface area (Å²) in [7, 11) is 1.52. The van der Waals surface area contributed by atoms with Gasteiger partial charge in [0.25, 0.3) is 5.56 Å². The van der Waals surface area contributed by atoms with Crippen molar-refractivity contribution in [2.45, 2.75) is 19.9 Å². The molecule has 21 heavy (non-hydrogen) atoms. The highest BCUT2D eigenvalue weighted by atomic mass is 16.4. The number of aryl methyl sites for hydroxylation is 3. The topological polar surface area (TPSA) is 114 Å². The van der Waals surface area contributed by atoms with Crippen LogP contribution in [0.5, 0.6) is 0 Å². The van der Waals surface area contributed by atoms with Crippen LogP contribution in [0.25, 0.3) is 16.9 Å². The first kappa shape index (κ1) is 13.2. The van der Waals surface area contributed by atoms with Crippen molar-refractivity contribution in [3.63, 3.8) is 0 Å². The Morgan fingerprint density at radius 3 is 2.81 bits per heavy atom. The van der Waals surface area contributed by atoms with Crippen LogP contribution in [0.1, 0.15) is 12.1 Å². The van der Waals surface area contributed by atoms with E-state index in [-0.39, 0.29) is 24.1 Å². The molecule has 0 spiro atoms. The molecule has 0 aliphatic heterocycles. The molecule has 0 aliphatic rings. The van der Waals surface area contributed by atoms with Crippen LogP contribution in [-0.4, -0.2) is 34.6 Å². The Labute approximate surface area is 117 Å². The number of carboxylic acid groups (broad SMARTS) is 1. The van der Waals surface area contributed by atoms with Gasteiger partial charge in [0.1, 0.15) is 0 Å². The maximum Gasteiger partial charge on any atom is 0.329 e. The second-order valence-corrected chi connectivity index (χ2v) is 4.84. The number of carbonyl (C=O) groups is 1. The van der Waals surface area contributed by atoms with Gasteiger partial charge in [-0.25, -0.2) is 4.79 Å². The summed E-state index contributed by atoms with van der Waals surface area (Å²) in [6, 6.07) is 0. The molecule has 0 bridgehead atoms. The number of fused-ring (bicyclic) bond motifs is 3. The van der Waals surface area contributed by atoms with Gasteiger partial charge >= 0.3 is 11.7 Å². The quantitative estimate of drug-likeness (QED) is 0.672. The van der Waals surface area contributed by atoms with Crippen LogP contribution in [0, 0.1) is 6.92 Å². The molecule has 0 fully saturated rings. The predicted molar refractivity (Wildman–Crippen MR) is 73.5 cm³/mol. The number of aromatic amines is 1. The SMILES string of the molecule is Cc1cn2c3c(=O)[nH]c(=O)n(C)c3nc2n1CCC(=O)O. The van der Waals surface area contributed by atoms with Crippen LogP contribution < -0.4 is 11.2 Å². The number of carboxylic acids is 1. The fourth-order valence-electron chi connectivity index (χ4n) is 2.40. The minimum Gasteiger partial charge on any atom is -0.481 e. The van der Waals surface area contributed by atoms with Crippen molar-refractivity contribution in [2.75, 3.05) is 0 Å². The number of nitrogens with one attached hydrogen (secondary N) is 1. The van der Waals surface area contributed by atoms with Crippen molar-refractivity contribution < 1.29 is 9.90 Å². The second-order valence-electron chi connectivity index (χ2n) is 4.84. The number of hydrogen-bond acceptors (Lipinski definition) is 4. The summed E-state index contributed by atoms with van der Waals surface area (Å²) in [6.07, 6.45) is 1.65. The van der Waals surface area contributed by atoms with E-state index in [1.54, 1.807) is 22.1 Å². The highest BCUT2D eigenvalue weighted by Crippen LogP contribution is 2.16. The van der Waals surface area contributed by atoms with Gasteiger partial charge in [0, 0.05) is 25.5 Å². The number of nitrogens with zero attached hydrogens (tertiary/aromatic N) is 4. The zero-order valence-electron chi connectivity index (χ0n) is 11.5. The number of rotatable bonds is 3. The molecule has 0 atom stereocenters. The molecule has 0 aromatic carbocycles. The van der Waals surface area contributed by atoms with Crippen LogP contribution in [0.4, 0.5) is 0 Å². The first-order valence-corrected chi connectivity index (χ1v) is 6.29. The molecule has 3 rings (SSSR count). The van der Waals surface area contributed by atoms with E-state index in [0.29, 0.717) is 5.78 Å². The summed E-state index contributed by atoms with van der Waals surface area (Å²) in [5, 5.41) is 8.80. The lowest BCUT2D eigenvalue weighted by Gasteiger charge is -2.02. The minimum absolute atomic E-state index is 0.0519. The zero-order chi connectivity index (χ0) is 15.3. The van der Waals surface area contributed by atoms with E-state index in [1.165, 1.54) is 11.6 Å². The van der Waals surface area contributed by atoms with Gasteiger partial charge in [-0.3, -0.25) is 23.5 Å². The lowest BCUT2D eigenvalue weighted by molar-refractivity contribution is -0.137. The third kappa shape index (κ3) is 1.85. The number of imidazole rings is 2. The Morgan fingerprint density at radius 2 is 2.14 bits per heavy atom. The smallest absolute Gasteiger partial charge is 0.329 e. The molecule has 0 radical (unpaired) electrons. The summed E-state index contributed by atoms with van der Waals surface area (Å²) in [6.45, 7) is 2.05. The summed E-state index contributed by atoms with van der Waals surface area (Å²) >= 11 is 0. The van der Waals surface area contributed by atoms with Gasteiger partial charge in [-0.2, -0.15) is 4.98 Å². The Kier molecular flexibility index (Phi) is 2.71. The average Bonchev–Trinajstić information content (AvgIpc) is 2.89. The van der Waals surface area contributed by atoms with Crippen LogP contribution in [0.15, 0.2) is 15.8 Å². The summed E-state index contributed by atoms with van der Waals surface area (Å²) in [5.74, 6) is -0.474. The van der Waals surface area contributed by atoms with Gasteiger partial charge in [0.15, 0.2) is 11.2 Å². The molecule has 2 N–H and O–H groups in total. The Morgan fingerprint density at radius 1 is 1.43 bits per heavy atom. The molecule has 0 aliphatic carbocycles. The Hall–Kier alpha value is -2.84. The molecular formula is C12H13N5O4. The van der Waals surface area contributed by atoms with Crippen LogP contribution in [0.2, 0.25) is 0 Å². The lowest BCUT2D eigenvalue weighted by Crippen LogP contribution is -2.28. The predicted octanol–water partition coefficient (Wildman–Crippen LogP) is -0.541. The van der Waals surface area contributed by atoms with Crippen molar-refractivity contribution in [1.29, 1.82) is 0 Å². The second kappa shape index (κ2) is 4.33. The number of hydrogen-bond donors (Lipinski definition) is 2. The van der Waals surface area contributed by atoms with Gasteiger partial charge in [-0.05, 0) is 6.92 Å². The minimum atomic E-state index is -0.914. The monoisotopic (exact) mass is 291 g/mol. The molecule has 9 nitrogen and oxygen atoms in total. The van der Waals surface area contributed by atoms with E-state index >= 15 is 0 Å². The third-order valence-electron chi connectivity index (χ3n) is 3.46. The van der Waals surface area contributed by atoms with E-state index in [0.717, 1.165) is 5.69 Å². The van der Waals surface area contributed by atoms with E-state index in [4.69, 9.17) is 5.11 Å². The largest absolute Gasteiger partial charge is 0.481 e. The van der Waals surface area contributed by atoms with Crippen molar-refractivity contribution in [1.82, 2.24) is 23.5 Å². The Balaban J connectivity index is 2.35. The van der Waals surface area contributed by atoms with Gasteiger partial charge in [-0.15, -0.1) is 0 Å². The van der Waals surface area contributed by atoms with Gasteiger partial charge in [0.2, 0.25) is 5.78 Å². The van der Waals surface area contributed by atoms with Crippen molar-refractivity contribution in [3.8, 4) is 0 Å². The normalized spacial score (nSPS) is 11.5. The van der Waals surface area contributed by atoms with E-state index in [1.807, 2.05) is 0 Å². The molecule has 0 amide bonds. The molecule has 0 saturated heterocycles. The number of aliphatic carboxylic acids is 1. The summed E-state index contributed by atoms with van der Waals surface area (Å²) in [4.78, 5) is 40.8. The Bertz CT molecular complexity index is 987. The first-order valence-electron chi connectivity index (χ1n) is 6.29. The van der Waals surface area contributed by atoms with Crippen LogP contribution >= 0.6 is 0 Å². The van der Waals surface area contributed by atoms with Gasteiger partial charge in [-0.1, -0.05) is 0 Å². The van der Waals surface area contributed by atoms with Crippen molar-refractivity contribution >= 4 is 22.9 Å². The van der Waals surface area contributed by atoms with Gasteiger partial charge in [0.05, 0.1) is 6.42 Å². The summed E-state index contributed by atoms with van der Waals surface area (Å²) in [5.41, 5.74) is 0.263. The number of aromatic nitrogens is 5. The van der Waals surface area contributed by atoms with Crippen molar-refractivity contribution in [2.24, 2.45) is 7.05 Å². The van der Waals surface area contributed by atoms with Crippen molar-refractivity contribution in [3.05, 3.63) is 32.7 Å². The first-order chi connectivity index (χ1) is 9.90. The molecule has 3 aromatic heterocycles. The standard InChI is InChI=1S/C12H13N5O4/c1-6-5-17-8-9(15(2)12(21)14-10(8)20)13-11(17)16(6)4-3-7(18)19/h5H,3-4H2,1-2H3,(H,18,19)(H,14,20,21). The van der Waals surface area contributed by atoms with Crippen LogP contribution in [-0.2, 0) is 18.4 Å². The fraction of sp³-hybridized carbons (Fsp3) is 0.333. The highest BCUT2D eigenvalue weighted by Gasteiger charge is 2.17. The average molecular weight is 291 g/mol. The molecule has 3 aromatic rings. The fourth-order valence-corrected chi connectivity index (χ4v) is 2.40. The molecule has 0 unspecified atom stereocenters. The third-order valence-corrected chi connectivity index (χ3v) is 3.46. The van der Waals surface area contributed by atoms with Crippen LogP contribution in [0.3, 0.4) is 0 Å². The molecule has 9 heteroatoms. The van der Waals surface area contributed by atoms with E-state index in [2.05, 4.69) is 9.97 Å². The molecule has 0 saturated carbocycles. The van der Waals surface area contributed by atoms with Gasteiger partial charge < -0.3 is 9.67 Å². The maximum absolute atomic E-state index is 12.0. The number of H-pyrrole nitrogens is 1. The van der Waals surface area contributed by atoms with E-state index in [9.17, 15) is 14.4 Å².